The molecule has 0 bridgehead atoms. The maximum Gasteiger partial charge on any atom is 0.247 e. The van der Waals surface area contributed by atoms with Crippen LogP contribution in [0.5, 0.6) is 0 Å². The second-order valence-electron chi connectivity index (χ2n) is 5.34. The lowest BCUT2D eigenvalue weighted by atomic mass is 9.97. The number of carbonyl (C=O) groups excluding carboxylic acids is 2. The Hall–Kier alpha value is -0.880. The smallest absolute Gasteiger partial charge is 0.247 e. The standard InChI is InChI=1S/C15H18Br2N2O2/c1-9(20)18-14(10-4-2-3-5-10)15(21)19-13-8-11(16)6-7-12(13)17/h6-8,10,14H,2-5H2,1H3,(H,18,20)(H,19,21). The molecule has 0 aliphatic heterocycles. The van der Waals surface area contributed by atoms with Crippen LogP contribution in [0.4, 0.5) is 5.69 Å². The van der Waals surface area contributed by atoms with Gasteiger partial charge in [0.2, 0.25) is 11.8 Å². The summed E-state index contributed by atoms with van der Waals surface area (Å²) in [6, 6.07) is 5.13. The Morgan fingerprint density at radius 2 is 1.90 bits per heavy atom. The number of hydrogen-bond acceptors (Lipinski definition) is 2. The first-order valence-electron chi connectivity index (χ1n) is 7.00. The number of rotatable bonds is 4. The molecule has 0 aromatic heterocycles. The van der Waals surface area contributed by atoms with Crippen molar-refractivity contribution in [2.45, 2.75) is 38.6 Å². The minimum atomic E-state index is -0.462. The van der Waals surface area contributed by atoms with Gasteiger partial charge in [0.25, 0.3) is 0 Å². The van der Waals surface area contributed by atoms with Gasteiger partial charge in [0, 0.05) is 15.9 Å². The number of hydrogen-bond donors (Lipinski definition) is 2. The van der Waals surface area contributed by atoms with Crippen LogP contribution in [-0.2, 0) is 9.59 Å². The average Bonchev–Trinajstić information content (AvgIpc) is 2.93. The molecule has 1 aliphatic carbocycles. The third-order valence-corrected chi connectivity index (χ3v) is 4.88. The zero-order valence-electron chi connectivity index (χ0n) is 11.8. The van der Waals surface area contributed by atoms with Gasteiger partial charge >= 0.3 is 0 Å². The Labute approximate surface area is 141 Å². The summed E-state index contributed by atoms with van der Waals surface area (Å²) in [5.74, 6) is -0.105. The zero-order valence-corrected chi connectivity index (χ0v) is 15.0. The first kappa shape index (κ1) is 16.5. The van der Waals surface area contributed by atoms with Gasteiger partial charge < -0.3 is 10.6 Å². The third-order valence-electron chi connectivity index (χ3n) is 3.70. The molecule has 21 heavy (non-hydrogen) atoms. The fourth-order valence-electron chi connectivity index (χ4n) is 2.71. The molecule has 0 spiro atoms. The van der Waals surface area contributed by atoms with E-state index in [-0.39, 0.29) is 17.7 Å². The third kappa shape index (κ3) is 4.54. The van der Waals surface area contributed by atoms with E-state index in [4.69, 9.17) is 0 Å². The van der Waals surface area contributed by atoms with Gasteiger partial charge in [0.05, 0.1) is 5.69 Å². The van der Waals surface area contributed by atoms with E-state index >= 15 is 0 Å². The summed E-state index contributed by atoms with van der Waals surface area (Å²) in [6.45, 7) is 1.45. The summed E-state index contributed by atoms with van der Waals surface area (Å²) in [4.78, 5) is 23.9. The molecule has 1 saturated carbocycles. The van der Waals surface area contributed by atoms with Crippen LogP contribution in [0.3, 0.4) is 0 Å². The van der Waals surface area contributed by atoms with Gasteiger partial charge in [-0.1, -0.05) is 28.8 Å². The molecule has 1 atom stereocenters. The van der Waals surface area contributed by atoms with Crippen LogP contribution in [0, 0.1) is 5.92 Å². The first-order chi connectivity index (χ1) is 9.97. The molecule has 1 aromatic rings. The predicted octanol–water partition coefficient (Wildman–Crippen LogP) is 3.85. The minimum Gasteiger partial charge on any atom is -0.344 e. The van der Waals surface area contributed by atoms with E-state index in [1.54, 1.807) is 0 Å². The van der Waals surface area contributed by atoms with Gasteiger partial charge in [-0.3, -0.25) is 9.59 Å². The Kier molecular flexibility index (Phi) is 5.81. The Morgan fingerprint density at radius 3 is 2.52 bits per heavy atom. The van der Waals surface area contributed by atoms with E-state index in [1.807, 2.05) is 18.2 Å². The molecule has 0 heterocycles. The van der Waals surface area contributed by atoms with E-state index in [2.05, 4.69) is 42.5 Å². The molecule has 2 N–H and O–H groups in total. The molecule has 0 saturated heterocycles. The summed E-state index contributed by atoms with van der Waals surface area (Å²) in [5, 5.41) is 5.70. The maximum atomic E-state index is 12.5. The van der Waals surface area contributed by atoms with Crippen LogP contribution in [-0.4, -0.2) is 17.9 Å². The maximum absolute atomic E-state index is 12.5. The van der Waals surface area contributed by atoms with Gasteiger partial charge in [-0.2, -0.15) is 0 Å². The number of carbonyl (C=O) groups is 2. The summed E-state index contributed by atoms with van der Waals surface area (Å²) in [5.41, 5.74) is 0.697. The van der Waals surface area contributed by atoms with Crippen LogP contribution in [0.25, 0.3) is 0 Å². The number of benzene rings is 1. The van der Waals surface area contributed by atoms with Crippen molar-refractivity contribution in [3.8, 4) is 0 Å². The molecule has 4 nitrogen and oxygen atoms in total. The summed E-state index contributed by atoms with van der Waals surface area (Å²) >= 11 is 6.81. The van der Waals surface area contributed by atoms with Crippen molar-refractivity contribution in [3.05, 3.63) is 27.1 Å². The fraction of sp³-hybridized carbons (Fsp3) is 0.467. The molecular weight excluding hydrogens is 400 g/mol. The van der Waals surface area contributed by atoms with Crippen LogP contribution < -0.4 is 10.6 Å². The number of amides is 2. The largest absolute Gasteiger partial charge is 0.344 e. The highest BCUT2D eigenvalue weighted by molar-refractivity contribution is 9.11. The van der Waals surface area contributed by atoms with Crippen molar-refractivity contribution in [3.63, 3.8) is 0 Å². The molecule has 2 amide bonds. The highest BCUT2D eigenvalue weighted by atomic mass is 79.9. The lowest BCUT2D eigenvalue weighted by Crippen LogP contribution is -2.47. The highest BCUT2D eigenvalue weighted by Crippen LogP contribution is 2.30. The van der Waals surface area contributed by atoms with E-state index in [0.717, 1.165) is 34.6 Å². The monoisotopic (exact) mass is 416 g/mol. The quantitative estimate of drug-likeness (QED) is 0.781. The van der Waals surface area contributed by atoms with Gasteiger partial charge in [-0.15, -0.1) is 0 Å². The first-order valence-corrected chi connectivity index (χ1v) is 8.59. The lowest BCUT2D eigenvalue weighted by molar-refractivity contribution is -0.126. The molecular formula is C15H18Br2N2O2. The van der Waals surface area contributed by atoms with Crippen LogP contribution >= 0.6 is 31.9 Å². The van der Waals surface area contributed by atoms with Crippen molar-refractivity contribution in [2.75, 3.05) is 5.32 Å². The molecule has 1 unspecified atom stereocenters. The molecule has 114 valence electrons. The molecule has 0 radical (unpaired) electrons. The topological polar surface area (TPSA) is 58.2 Å². The fourth-order valence-corrected chi connectivity index (χ4v) is 3.42. The van der Waals surface area contributed by atoms with Crippen molar-refractivity contribution >= 4 is 49.4 Å². The number of nitrogens with one attached hydrogen (secondary N) is 2. The van der Waals surface area contributed by atoms with Crippen molar-refractivity contribution in [1.82, 2.24) is 5.32 Å². The summed E-state index contributed by atoms with van der Waals surface area (Å²) in [6.07, 6.45) is 4.21. The van der Waals surface area contributed by atoms with Crippen LogP contribution in [0.15, 0.2) is 27.1 Å². The molecule has 1 aromatic carbocycles. The lowest BCUT2D eigenvalue weighted by Gasteiger charge is -2.23. The molecule has 2 rings (SSSR count). The van der Waals surface area contributed by atoms with E-state index in [0.29, 0.717) is 5.69 Å². The Bertz CT molecular complexity index is 542. The summed E-state index contributed by atoms with van der Waals surface area (Å²) in [7, 11) is 0. The number of halogens is 2. The van der Waals surface area contributed by atoms with E-state index < -0.39 is 6.04 Å². The van der Waals surface area contributed by atoms with Gasteiger partial charge in [0.1, 0.15) is 6.04 Å². The molecule has 6 heteroatoms. The Morgan fingerprint density at radius 1 is 1.24 bits per heavy atom. The zero-order chi connectivity index (χ0) is 15.4. The second-order valence-corrected chi connectivity index (χ2v) is 7.11. The van der Waals surface area contributed by atoms with Crippen molar-refractivity contribution in [1.29, 1.82) is 0 Å². The van der Waals surface area contributed by atoms with Crippen LogP contribution in [0.2, 0.25) is 0 Å². The second kappa shape index (κ2) is 7.40. The predicted molar refractivity (Wildman–Crippen MR) is 90.0 cm³/mol. The van der Waals surface area contributed by atoms with E-state index in [1.165, 1.54) is 6.92 Å². The SMILES string of the molecule is CC(=O)NC(C(=O)Nc1cc(Br)ccc1Br)C1CCCC1. The van der Waals surface area contributed by atoms with Crippen LogP contribution in [0.1, 0.15) is 32.6 Å². The molecule has 1 fully saturated rings. The highest BCUT2D eigenvalue weighted by Gasteiger charge is 2.31. The van der Waals surface area contributed by atoms with Crippen molar-refractivity contribution < 1.29 is 9.59 Å². The van der Waals surface area contributed by atoms with Gasteiger partial charge in [-0.25, -0.2) is 0 Å². The van der Waals surface area contributed by atoms with Crippen molar-refractivity contribution in [2.24, 2.45) is 5.92 Å². The number of anilines is 1. The minimum absolute atomic E-state index is 0.157. The average molecular weight is 418 g/mol. The van der Waals surface area contributed by atoms with E-state index in [9.17, 15) is 9.59 Å². The molecule has 1 aliphatic rings. The Balaban J connectivity index is 2.13. The summed E-state index contributed by atoms with van der Waals surface area (Å²) < 4.78 is 1.70. The van der Waals surface area contributed by atoms with Gasteiger partial charge in [-0.05, 0) is 52.9 Å². The van der Waals surface area contributed by atoms with Gasteiger partial charge in [0.15, 0.2) is 0 Å². The normalized spacial score (nSPS) is 16.5.